The summed E-state index contributed by atoms with van der Waals surface area (Å²) >= 11 is 6.28. The number of para-hydroxylation sites is 1. The van der Waals surface area contributed by atoms with Crippen LogP contribution in [0.5, 0.6) is 11.5 Å². The van der Waals surface area contributed by atoms with Gasteiger partial charge in [0, 0.05) is 12.6 Å². The summed E-state index contributed by atoms with van der Waals surface area (Å²) in [7, 11) is 1.61. The molecule has 1 saturated heterocycles. The van der Waals surface area contributed by atoms with E-state index in [2.05, 4.69) is 0 Å². The molecule has 2 rings (SSSR count). The number of nitrogens with zero attached hydrogens (tertiary/aromatic N) is 1. The molecule has 0 bridgehead atoms. The van der Waals surface area contributed by atoms with E-state index in [4.69, 9.17) is 26.8 Å². The molecule has 1 N–H and O–H groups in total. The highest BCUT2D eigenvalue weighted by Gasteiger charge is 2.29. The number of benzene rings is 1. The molecule has 23 heavy (non-hydrogen) atoms. The van der Waals surface area contributed by atoms with Crippen LogP contribution in [0.3, 0.4) is 0 Å². The van der Waals surface area contributed by atoms with Crippen LogP contribution in [0.4, 0.5) is 0 Å². The zero-order valence-corrected chi connectivity index (χ0v) is 14.2. The van der Waals surface area contributed by atoms with Crippen LogP contribution < -0.4 is 9.47 Å². The molecule has 0 radical (unpaired) electrons. The van der Waals surface area contributed by atoms with E-state index in [1.54, 1.807) is 31.3 Å². The number of amides is 1. The van der Waals surface area contributed by atoms with Gasteiger partial charge in [-0.2, -0.15) is 0 Å². The van der Waals surface area contributed by atoms with Gasteiger partial charge in [-0.15, -0.1) is 0 Å². The Morgan fingerprint density at radius 1 is 1.43 bits per heavy atom. The second-order valence-electron chi connectivity index (χ2n) is 4.53. The minimum atomic E-state index is -1.10. The fourth-order valence-electron chi connectivity index (χ4n) is 1.89. The fourth-order valence-corrected chi connectivity index (χ4v) is 3.06. The first kappa shape index (κ1) is 17.3. The molecule has 0 atom stereocenters. The Balaban J connectivity index is 2.41. The van der Waals surface area contributed by atoms with Gasteiger partial charge < -0.3 is 14.6 Å². The van der Waals surface area contributed by atoms with Crippen molar-refractivity contribution in [1.82, 2.24) is 4.90 Å². The molecule has 0 unspecified atom stereocenters. The molecular formula is C15H15NO5S2. The van der Waals surface area contributed by atoms with Crippen molar-refractivity contribution in [1.29, 1.82) is 0 Å². The average Bonchev–Trinajstić information content (AvgIpc) is 2.74. The normalized spacial score (nSPS) is 16.1. The third-order valence-electron chi connectivity index (χ3n) is 2.92. The number of thiocarbonyl (C=S) groups is 1. The number of ether oxygens (including phenoxy) is 2. The van der Waals surface area contributed by atoms with Gasteiger partial charge in [0.2, 0.25) is 0 Å². The van der Waals surface area contributed by atoms with E-state index in [1.807, 2.05) is 6.92 Å². The van der Waals surface area contributed by atoms with Crippen molar-refractivity contribution >= 4 is 46.3 Å². The maximum atomic E-state index is 12.1. The first-order chi connectivity index (χ1) is 10.9. The van der Waals surface area contributed by atoms with Gasteiger partial charge in [-0.3, -0.25) is 9.69 Å². The molecule has 6 nitrogen and oxygen atoms in total. The maximum Gasteiger partial charge on any atom is 0.341 e. The minimum Gasteiger partial charge on any atom is -0.490 e. The van der Waals surface area contributed by atoms with Crippen molar-refractivity contribution in [3.8, 4) is 11.5 Å². The Morgan fingerprint density at radius 2 is 2.17 bits per heavy atom. The zero-order valence-electron chi connectivity index (χ0n) is 12.6. The molecular weight excluding hydrogens is 338 g/mol. The third kappa shape index (κ3) is 4.02. The Labute approximate surface area is 143 Å². The molecule has 0 saturated carbocycles. The van der Waals surface area contributed by atoms with Crippen LogP contribution in [-0.2, 0) is 9.59 Å². The number of thioether (sulfide) groups is 1. The van der Waals surface area contributed by atoms with E-state index in [1.165, 1.54) is 16.7 Å². The molecule has 0 aliphatic carbocycles. The Bertz CT molecular complexity index is 686. The monoisotopic (exact) mass is 353 g/mol. The Hall–Kier alpha value is -2.06. The molecule has 1 heterocycles. The van der Waals surface area contributed by atoms with Gasteiger partial charge in [-0.25, -0.2) is 4.79 Å². The van der Waals surface area contributed by atoms with Crippen molar-refractivity contribution in [2.24, 2.45) is 0 Å². The van der Waals surface area contributed by atoms with Crippen molar-refractivity contribution in [3.63, 3.8) is 0 Å². The number of carbonyl (C=O) groups excluding carboxylic acids is 1. The summed E-state index contributed by atoms with van der Waals surface area (Å²) in [5.41, 5.74) is 0.561. The van der Waals surface area contributed by atoms with Crippen molar-refractivity contribution in [2.75, 3.05) is 20.3 Å². The van der Waals surface area contributed by atoms with Gasteiger partial charge >= 0.3 is 5.97 Å². The summed E-state index contributed by atoms with van der Waals surface area (Å²) in [4.78, 5) is 24.7. The van der Waals surface area contributed by atoms with E-state index < -0.39 is 12.6 Å². The lowest BCUT2D eigenvalue weighted by atomic mass is 10.1. The largest absolute Gasteiger partial charge is 0.490 e. The summed E-state index contributed by atoms with van der Waals surface area (Å²) in [5, 5.41) is 8.82. The van der Waals surface area contributed by atoms with E-state index in [0.29, 0.717) is 27.1 Å². The number of aliphatic carboxylic acids is 1. The van der Waals surface area contributed by atoms with Crippen LogP contribution in [0.15, 0.2) is 23.1 Å². The van der Waals surface area contributed by atoms with Gasteiger partial charge in [-0.1, -0.05) is 36.1 Å². The number of carbonyl (C=O) groups is 2. The third-order valence-corrected chi connectivity index (χ3v) is 4.41. The Morgan fingerprint density at radius 3 is 2.74 bits per heavy atom. The highest BCUT2D eigenvalue weighted by Crippen LogP contribution is 2.37. The van der Waals surface area contributed by atoms with Crippen molar-refractivity contribution < 1.29 is 24.2 Å². The summed E-state index contributed by atoms with van der Waals surface area (Å²) in [6, 6.07) is 5.15. The SMILES string of the molecule is CCOc1cccc(C=C2SC(=S)N(C)C2=O)c1OCC(=O)O. The highest BCUT2D eigenvalue weighted by atomic mass is 32.2. The van der Waals surface area contributed by atoms with Crippen LogP contribution in [-0.4, -0.2) is 46.5 Å². The lowest BCUT2D eigenvalue weighted by Crippen LogP contribution is -2.22. The summed E-state index contributed by atoms with van der Waals surface area (Å²) in [5.74, 6) is -0.583. The van der Waals surface area contributed by atoms with Gasteiger partial charge in [-0.05, 0) is 19.1 Å². The number of rotatable bonds is 6. The number of likely N-dealkylation sites (N-methyl/N-ethyl adjacent to an activating group) is 1. The molecule has 1 aromatic rings. The number of hydrogen-bond acceptors (Lipinski definition) is 6. The van der Waals surface area contributed by atoms with E-state index >= 15 is 0 Å². The summed E-state index contributed by atoms with van der Waals surface area (Å²) < 4.78 is 11.3. The molecule has 1 aromatic carbocycles. The van der Waals surface area contributed by atoms with Crippen LogP contribution in [0.2, 0.25) is 0 Å². The van der Waals surface area contributed by atoms with Crippen molar-refractivity contribution in [3.05, 3.63) is 28.7 Å². The predicted molar refractivity (Wildman–Crippen MR) is 91.7 cm³/mol. The van der Waals surface area contributed by atoms with Crippen LogP contribution in [0, 0.1) is 0 Å². The maximum absolute atomic E-state index is 12.1. The molecule has 8 heteroatoms. The quantitative estimate of drug-likeness (QED) is 0.621. The summed E-state index contributed by atoms with van der Waals surface area (Å²) in [6.45, 7) is 1.72. The smallest absolute Gasteiger partial charge is 0.341 e. The fraction of sp³-hybridized carbons (Fsp3) is 0.267. The van der Waals surface area contributed by atoms with Crippen LogP contribution in [0.1, 0.15) is 12.5 Å². The minimum absolute atomic E-state index is 0.203. The van der Waals surface area contributed by atoms with E-state index in [-0.39, 0.29) is 11.7 Å². The second-order valence-corrected chi connectivity index (χ2v) is 6.21. The molecule has 0 aromatic heterocycles. The number of carboxylic acid groups (broad SMARTS) is 1. The number of hydrogen-bond donors (Lipinski definition) is 1. The molecule has 122 valence electrons. The molecule has 1 aliphatic heterocycles. The van der Waals surface area contributed by atoms with Gasteiger partial charge in [0.25, 0.3) is 5.91 Å². The first-order valence-corrected chi connectivity index (χ1v) is 7.98. The second kappa shape index (κ2) is 7.47. The summed E-state index contributed by atoms with van der Waals surface area (Å²) in [6.07, 6.45) is 1.63. The first-order valence-electron chi connectivity index (χ1n) is 6.76. The van der Waals surface area contributed by atoms with Gasteiger partial charge in [0.1, 0.15) is 4.32 Å². The van der Waals surface area contributed by atoms with Gasteiger partial charge in [0.05, 0.1) is 11.5 Å². The lowest BCUT2D eigenvalue weighted by molar-refractivity contribution is -0.139. The van der Waals surface area contributed by atoms with Gasteiger partial charge in [0.15, 0.2) is 18.1 Å². The average molecular weight is 353 g/mol. The Kier molecular flexibility index (Phi) is 5.62. The zero-order chi connectivity index (χ0) is 17.0. The van der Waals surface area contributed by atoms with Crippen LogP contribution >= 0.6 is 24.0 Å². The predicted octanol–water partition coefficient (Wildman–Crippen LogP) is 2.38. The molecule has 1 fully saturated rings. The van der Waals surface area contributed by atoms with E-state index in [9.17, 15) is 9.59 Å². The highest BCUT2D eigenvalue weighted by molar-refractivity contribution is 8.26. The molecule has 1 aliphatic rings. The van der Waals surface area contributed by atoms with E-state index in [0.717, 1.165) is 0 Å². The lowest BCUT2D eigenvalue weighted by Gasteiger charge is -2.13. The molecule has 1 amide bonds. The molecule has 0 spiro atoms. The van der Waals surface area contributed by atoms with Crippen LogP contribution in [0.25, 0.3) is 6.08 Å². The standard InChI is InChI=1S/C15H15NO5S2/c1-3-20-10-6-4-5-9(13(10)21-8-12(17)18)7-11-14(19)16(2)15(22)23-11/h4-7H,3,8H2,1-2H3,(H,17,18). The topological polar surface area (TPSA) is 76.1 Å². The number of carboxylic acids is 1. The van der Waals surface area contributed by atoms with Crippen molar-refractivity contribution in [2.45, 2.75) is 6.92 Å².